The molecule has 1 aromatic heterocycles. The van der Waals surface area contributed by atoms with Crippen molar-refractivity contribution >= 4 is 28.3 Å². The lowest BCUT2D eigenvalue weighted by atomic mass is 10.1. The minimum absolute atomic E-state index is 0.0435. The number of nitrogens with zero attached hydrogens (tertiary/aromatic N) is 2. The molecule has 0 bridgehead atoms. The summed E-state index contributed by atoms with van der Waals surface area (Å²) in [5.41, 5.74) is 0.875. The Labute approximate surface area is 128 Å². The van der Waals surface area contributed by atoms with Gasteiger partial charge in [-0.2, -0.15) is 0 Å². The molecule has 2 rings (SSSR count). The van der Waals surface area contributed by atoms with E-state index in [0.717, 1.165) is 18.8 Å². The molecule has 1 unspecified atom stereocenters. The van der Waals surface area contributed by atoms with Crippen molar-refractivity contribution in [1.82, 2.24) is 20.5 Å². The molecule has 1 aliphatic rings. The quantitative estimate of drug-likeness (QED) is 0.713. The summed E-state index contributed by atoms with van der Waals surface area (Å²) in [6.07, 6.45) is 0. The maximum absolute atomic E-state index is 12.1. The van der Waals surface area contributed by atoms with E-state index in [2.05, 4.69) is 25.8 Å². The van der Waals surface area contributed by atoms with Crippen LogP contribution in [0.25, 0.3) is 0 Å². The minimum atomic E-state index is -0.176. The molecule has 0 aromatic carbocycles. The molecule has 0 spiro atoms. The lowest BCUT2D eigenvalue weighted by molar-refractivity contribution is -0.127. The summed E-state index contributed by atoms with van der Waals surface area (Å²) in [5.74, 6) is -0.0831. The Kier molecular flexibility index (Phi) is 5.66. The van der Waals surface area contributed by atoms with Crippen LogP contribution in [0.1, 0.15) is 19.5 Å². The van der Waals surface area contributed by atoms with Gasteiger partial charge in [0, 0.05) is 45.0 Å². The molecule has 8 heteroatoms. The number of piperazine rings is 1. The predicted molar refractivity (Wildman–Crippen MR) is 82.2 cm³/mol. The van der Waals surface area contributed by atoms with Gasteiger partial charge in [-0.3, -0.25) is 14.5 Å². The number of amides is 2. The van der Waals surface area contributed by atoms with Gasteiger partial charge in [0.2, 0.25) is 11.8 Å². The van der Waals surface area contributed by atoms with Gasteiger partial charge in [-0.25, -0.2) is 4.98 Å². The second kappa shape index (κ2) is 7.48. The van der Waals surface area contributed by atoms with Crippen LogP contribution in [0.3, 0.4) is 0 Å². The van der Waals surface area contributed by atoms with E-state index in [4.69, 9.17) is 0 Å². The topological polar surface area (TPSA) is 86.4 Å². The SMILES string of the molecule is CCNC(=O)C1CNCCN1Cc1csc(NC(C)=O)n1. The summed E-state index contributed by atoms with van der Waals surface area (Å²) in [5, 5.41) is 11.3. The van der Waals surface area contributed by atoms with Crippen molar-refractivity contribution in [2.75, 3.05) is 31.5 Å². The Hall–Kier alpha value is -1.51. The zero-order chi connectivity index (χ0) is 15.2. The number of thiazole rings is 1. The third-order valence-corrected chi connectivity index (χ3v) is 4.01. The summed E-state index contributed by atoms with van der Waals surface area (Å²) in [6.45, 7) is 6.93. The largest absolute Gasteiger partial charge is 0.355 e. The molecule has 2 heterocycles. The molecule has 0 saturated carbocycles. The summed E-state index contributed by atoms with van der Waals surface area (Å²) >= 11 is 1.40. The molecule has 1 atom stereocenters. The number of carbonyl (C=O) groups excluding carboxylic acids is 2. The smallest absolute Gasteiger partial charge is 0.238 e. The zero-order valence-electron chi connectivity index (χ0n) is 12.3. The minimum Gasteiger partial charge on any atom is -0.355 e. The molecule has 7 nitrogen and oxygen atoms in total. The Bertz CT molecular complexity index is 505. The molecule has 0 radical (unpaired) electrons. The number of carbonyl (C=O) groups is 2. The Balaban J connectivity index is 2.00. The molecule has 1 fully saturated rings. The summed E-state index contributed by atoms with van der Waals surface area (Å²) in [4.78, 5) is 29.6. The first kappa shape index (κ1) is 15.9. The van der Waals surface area contributed by atoms with E-state index >= 15 is 0 Å². The van der Waals surface area contributed by atoms with Gasteiger partial charge in [-0.1, -0.05) is 0 Å². The van der Waals surface area contributed by atoms with Crippen molar-refractivity contribution < 1.29 is 9.59 Å². The first-order chi connectivity index (χ1) is 10.1. The molecule has 1 aromatic rings. The van der Waals surface area contributed by atoms with Crippen LogP contribution in [0.5, 0.6) is 0 Å². The molecular formula is C13H21N5O2S. The van der Waals surface area contributed by atoms with E-state index in [-0.39, 0.29) is 17.9 Å². The Morgan fingerprint density at radius 2 is 2.38 bits per heavy atom. The van der Waals surface area contributed by atoms with Crippen molar-refractivity contribution in [1.29, 1.82) is 0 Å². The average molecular weight is 311 g/mol. The Morgan fingerprint density at radius 1 is 1.57 bits per heavy atom. The van der Waals surface area contributed by atoms with Crippen molar-refractivity contribution in [2.45, 2.75) is 26.4 Å². The number of likely N-dealkylation sites (N-methyl/N-ethyl adjacent to an activating group) is 1. The highest BCUT2D eigenvalue weighted by molar-refractivity contribution is 7.13. The first-order valence-corrected chi connectivity index (χ1v) is 7.92. The average Bonchev–Trinajstić information content (AvgIpc) is 2.86. The molecule has 2 amide bonds. The zero-order valence-corrected chi connectivity index (χ0v) is 13.1. The second-order valence-corrected chi connectivity index (χ2v) is 5.77. The normalized spacial score (nSPS) is 19.2. The molecule has 0 aliphatic carbocycles. The molecule has 1 saturated heterocycles. The molecule has 116 valence electrons. The van der Waals surface area contributed by atoms with Gasteiger partial charge in [0.15, 0.2) is 5.13 Å². The van der Waals surface area contributed by atoms with Crippen LogP contribution in [-0.2, 0) is 16.1 Å². The van der Waals surface area contributed by atoms with Crippen LogP contribution in [0, 0.1) is 0 Å². The fraction of sp³-hybridized carbons (Fsp3) is 0.615. The van der Waals surface area contributed by atoms with Gasteiger partial charge in [0.05, 0.1) is 5.69 Å². The maximum Gasteiger partial charge on any atom is 0.238 e. The number of nitrogens with one attached hydrogen (secondary N) is 3. The van der Waals surface area contributed by atoms with Crippen LogP contribution >= 0.6 is 11.3 Å². The highest BCUT2D eigenvalue weighted by Crippen LogP contribution is 2.18. The van der Waals surface area contributed by atoms with Gasteiger partial charge in [0.1, 0.15) is 6.04 Å². The number of anilines is 1. The fourth-order valence-corrected chi connectivity index (χ4v) is 3.03. The van der Waals surface area contributed by atoms with E-state index in [1.54, 1.807) is 0 Å². The van der Waals surface area contributed by atoms with Crippen LogP contribution in [0.2, 0.25) is 0 Å². The van der Waals surface area contributed by atoms with Crippen molar-refractivity contribution in [3.8, 4) is 0 Å². The van der Waals surface area contributed by atoms with Crippen LogP contribution < -0.4 is 16.0 Å². The lowest BCUT2D eigenvalue weighted by Crippen LogP contribution is -2.57. The number of aromatic nitrogens is 1. The van der Waals surface area contributed by atoms with E-state index < -0.39 is 0 Å². The third-order valence-electron chi connectivity index (χ3n) is 3.21. The van der Waals surface area contributed by atoms with Gasteiger partial charge >= 0.3 is 0 Å². The van der Waals surface area contributed by atoms with Crippen molar-refractivity contribution in [3.63, 3.8) is 0 Å². The number of hydrogen-bond acceptors (Lipinski definition) is 6. The molecule has 3 N–H and O–H groups in total. The van der Waals surface area contributed by atoms with E-state index in [0.29, 0.717) is 24.8 Å². The van der Waals surface area contributed by atoms with Crippen LogP contribution in [0.15, 0.2) is 5.38 Å². The van der Waals surface area contributed by atoms with Gasteiger partial charge in [-0.05, 0) is 6.92 Å². The maximum atomic E-state index is 12.1. The van der Waals surface area contributed by atoms with Crippen LogP contribution in [0.4, 0.5) is 5.13 Å². The van der Waals surface area contributed by atoms with Crippen molar-refractivity contribution in [2.24, 2.45) is 0 Å². The lowest BCUT2D eigenvalue weighted by Gasteiger charge is -2.34. The molecule has 1 aliphatic heterocycles. The highest BCUT2D eigenvalue weighted by Gasteiger charge is 2.28. The Morgan fingerprint density at radius 3 is 3.10 bits per heavy atom. The third kappa shape index (κ3) is 4.48. The first-order valence-electron chi connectivity index (χ1n) is 7.04. The molecule has 21 heavy (non-hydrogen) atoms. The highest BCUT2D eigenvalue weighted by atomic mass is 32.1. The fourth-order valence-electron chi connectivity index (χ4n) is 2.28. The van der Waals surface area contributed by atoms with Gasteiger partial charge in [0.25, 0.3) is 0 Å². The standard InChI is InChI=1S/C13H21N5O2S/c1-3-15-12(20)11-6-14-4-5-18(11)7-10-8-21-13(17-10)16-9(2)19/h8,11,14H,3-7H2,1-2H3,(H,15,20)(H,16,17,19). The van der Waals surface area contributed by atoms with Gasteiger partial charge in [-0.15, -0.1) is 11.3 Å². The van der Waals surface area contributed by atoms with E-state index in [1.165, 1.54) is 18.3 Å². The summed E-state index contributed by atoms with van der Waals surface area (Å²) in [7, 11) is 0. The second-order valence-electron chi connectivity index (χ2n) is 4.91. The number of rotatable bonds is 5. The monoisotopic (exact) mass is 311 g/mol. The predicted octanol–water partition coefficient (Wildman–Crippen LogP) is 0.0114. The summed E-state index contributed by atoms with van der Waals surface area (Å²) in [6, 6.07) is -0.176. The van der Waals surface area contributed by atoms with Gasteiger partial charge < -0.3 is 16.0 Å². The number of hydrogen-bond donors (Lipinski definition) is 3. The van der Waals surface area contributed by atoms with E-state index in [9.17, 15) is 9.59 Å². The van der Waals surface area contributed by atoms with Crippen molar-refractivity contribution in [3.05, 3.63) is 11.1 Å². The van der Waals surface area contributed by atoms with Crippen LogP contribution in [-0.4, -0.2) is 53.9 Å². The summed E-state index contributed by atoms with van der Waals surface area (Å²) < 4.78 is 0. The molecular weight excluding hydrogens is 290 g/mol. The van der Waals surface area contributed by atoms with E-state index in [1.807, 2.05) is 12.3 Å².